The summed E-state index contributed by atoms with van der Waals surface area (Å²) in [7, 11) is -3.60. The van der Waals surface area contributed by atoms with E-state index in [1.807, 2.05) is 43.3 Å². The third-order valence-electron chi connectivity index (χ3n) is 6.31. The number of anilines is 1. The van der Waals surface area contributed by atoms with Gasteiger partial charge in [-0.15, -0.1) is 11.3 Å². The number of nitrogens with zero attached hydrogens (tertiary/aromatic N) is 3. The molecule has 1 unspecified atom stereocenters. The molecule has 0 radical (unpaired) electrons. The molecule has 1 fully saturated rings. The topological polar surface area (TPSA) is 70.6 Å². The minimum absolute atomic E-state index is 0.0756. The van der Waals surface area contributed by atoms with Gasteiger partial charge in [0.15, 0.2) is 5.13 Å². The van der Waals surface area contributed by atoms with Gasteiger partial charge in [-0.05, 0) is 60.9 Å². The number of thiophene rings is 1. The Morgan fingerprint density at radius 3 is 2.69 bits per heavy atom. The van der Waals surface area contributed by atoms with Gasteiger partial charge in [0.05, 0.1) is 22.7 Å². The van der Waals surface area contributed by atoms with Gasteiger partial charge in [-0.2, -0.15) is 4.31 Å². The summed E-state index contributed by atoms with van der Waals surface area (Å²) in [6, 6.07) is 17.4. The fourth-order valence-corrected chi connectivity index (χ4v) is 8.30. The highest BCUT2D eigenvalue weighted by molar-refractivity contribution is 7.91. The first-order valence-electron chi connectivity index (χ1n) is 11.6. The number of sulfonamides is 1. The van der Waals surface area contributed by atoms with Crippen molar-refractivity contribution in [2.75, 3.05) is 18.0 Å². The molecule has 9 heteroatoms. The predicted molar refractivity (Wildman–Crippen MR) is 143 cm³/mol. The van der Waals surface area contributed by atoms with E-state index in [1.54, 1.807) is 22.4 Å². The summed E-state index contributed by atoms with van der Waals surface area (Å²) >= 11 is 2.73. The van der Waals surface area contributed by atoms with Crippen molar-refractivity contribution in [3.63, 3.8) is 0 Å². The molecule has 2 aromatic carbocycles. The van der Waals surface area contributed by atoms with E-state index in [1.165, 1.54) is 27.0 Å². The Balaban J connectivity index is 1.48. The number of hydrogen-bond donors (Lipinski definition) is 0. The first-order chi connectivity index (χ1) is 16.8. The molecule has 4 aromatic rings. The molecule has 0 saturated carbocycles. The van der Waals surface area contributed by atoms with Gasteiger partial charge in [0, 0.05) is 13.1 Å². The Morgan fingerprint density at radius 2 is 1.94 bits per heavy atom. The van der Waals surface area contributed by atoms with Crippen LogP contribution in [0.5, 0.6) is 0 Å². The van der Waals surface area contributed by atoms with E-state index < -0.39 is 15.9 Å². The van der Waals surface area contributed by atoms with Crippen LogP contribution in [0.15, 0.2) is 64.2 Å². The van der Waals surface area contributed by atoms with Crippen LogP contribution in [-0.2, 0) is 21.4 Å². The first kappa shape index (κ1) is 24.1. The summed E-state index contributed by atoms with van der Waals surface area (Å²) in [4.78, 5) is 20.6. The fraction of sp³-hybridized carbons (Fsp3) is 0.308. The van der Waals surface area contributed by atoms with E-state index in [0.717, 1.165) is 26.9 Å². The quantitative estimate of drug-likeness (QED) is 0.328. The van der Waals surface area contributed by atoms with Gasteiger partial charge in [0.25, 0.3) is 10.0 Å². The largest absolute Gasteiger partial charge is 0.283 e. The monoisotopic (exact) mass is 525 g/mol. The van der Waals surface area contributed by atoms with Gasteiger partial charge in [-0.1, -0.05) is 53.8 Å². The molecule has 1 aliphatic heterocycles. The van der Waals surface area contributed by atoms with Crippen molar-refractivity contribution in [3.8, 4) is 0 Å². The molecule has 0 N–H and O–H groups in total. The van der Waals surface area contributed by atoms with Crippen molar-refractivity contribution >= 4 is 54.0 Å². The summed E-state index contributed by atoms with van der Waals surface area (Å²) in [6.45, 7) is 5.12. The van der Waals surface area contributed by atoms with E-state index in [2.05, 4.69) is 13.0 Å². The van der Waals surface area contributed by atoms with Crippen LogP contribution in [0.2, 0.25) is 0 Å². The molecule has 1 atom stereocenters. The van der Waals surface area contributed by atoms with Crippen LogP contribution in [0, 0.1) is 19.8 Å². The van der Waals surface area contributed by atoms with Gasteiger partial charge in [0.2, 0.25) is 5.91 Å². The van der Waals surface area contributed by atoms with Gasteiger partial charge >= 0.3 is 0 Å². The molecular weight excluding hydrogens is 499 g/mol. The van der Waals surface area contributed by atoms with Crippen molar-refractivity contribution in [2.24, 2.45) is 5.92 Å². The molecule has 3 heterocycles. The van der Waals surface area contributed by atoms with E-state index in [-0.39, 0.29) is 12.5 Å². The van der Waals surface area contributed by atoms with E-state index >= 15 is 0 Å². The lowest BCUT2D eigenvalue weighted by Gasteiger charge is -2.33. The van der Waals surface area contributed by atoms with Crippen molar-refractivity contribution in [1.82, 2.24) is 9.29 Å². The van der Waals surface area contributed by atoms with Crippen LogP contribution >= 0.6 is 22.7 Å². The smallest absolute Gasteiger partial charge is 0.252 e. The second-order valence-corrected chi connectivity index (χ2v) is 13.1. The molecule has 35 heavy (non-hydrogen) atoms. The number of carbonyl (C=O) groups excluding carboxylic acids is 1. The van der Waals surface area contributed by atoms with Crippen molar-refractivity contribution < 1.29 is 13.2 Å². The Bertz CT molecular complexity index is 1450. The lowest BCUT2D eigenvalue weighted by molar-refractivity contribution is -0.123. The number of rotatable bonds is 6. The Morgan fingerprint density at radius 1 is 1.14 bits per heavy atom. The van der Waals surface area contributed by atoms with Crippen LogP contribution in [0.1, 0.15) is 29.5 Å². The number of benzene rings is 2. The maximum atomic E-state index is 14.0. The summed E-state index contributed by atoms with van der Waals surface area (Å²) in [5, 5.41) is 2.42. The molecule has 0 aliphatic carbocycles. The molecule has 0 bridgehead atoms. The Kier molecular flexibility index (Phi) is 6.76. The molecule has 182 valence electrons. The van der Waals surface area contributed by atoms with Gasteiger partial charge < -0.3 is 0 Å². The van der Waals surface area contributed by atoms with Crippen LogP contribution < -0.4 is 4.90 Å². The molecule has 1 aliphatic rings. The molecule has 5 rings (SSSR count). The van der Waals surface area contributed by atoms with Crippen molar-refractivity contribution in [2.45, 2.75) is 37.4 Å². The number of aryl methyl sites for hydroxylation is 2. The number of aromatic nitrogens is 1. The highest BCUT2D eigenvalue weighted by Crippen LogP contribution is 2.35. The predicted octanol–water partition coefficient (Wildman–Crippen LogP) is 5.61. The number of hydrogen-bond acceptors (Lipinski definition) is 6. The first-order valence-corrected chi connectivity index (χ1v) is 14.7. The van der Waals surface area contributed by atoms with E-state index in [4.69, 9.17) is 4.98 Å². The maximum absolute atomic E-state index is 14.0. The van der Waals surface area contributed by atoms with E-state index in [9.17, 15) is 13.2 Å². The fourth-order valence-electron chi connectivity index (χ4n) is 4.61. The third kappa shape index (κ3) is 4.91. The molecule has 6 nitrogen and oxygen atoms in total. The van der Waals surface area contributed by atoms with Gasteiger partial charge in [-0.25, -0.2) is 13.4 Å². The summed E-state index contributed by atoms with van der Waals surface area (Å²) in [6.07, 6.45) is 1.31. The molecule has 1 amide bonds. The minimum Gasteiger partial charge on any atom is -0.283 e. The summed E-state index contributed by atoms with van der Waals surface area (Å²) < 4.78 is 29.1. The number of amides is 1. The molecule has 2 aromatic heterocycles. The highest BCUT2D eigenvalue weighted by Gasteiger charge is 2.36. The SMILES string of the molecule is Cc1cc(C)c2sc(N(Cc3ccccc3)C(=O)C3CCCN(S(=O)(=O)c4cccs4)C3)nc2c1. The zero-order chi connectivity index (χ0) is 24.6. The molecule has 1 saturated heterocycles. The molecule has 0 spiro atoms. The zero-order valence-electron chi connectivity index (χ0n) is 19.7. The number of piperidine rings is 1. The summed E-state index contributed by atoms with van der Waals surface area (Å²) in [5.41, 5.74) is 4.17. The second-order valence-electron chi connectivity index (χ2n) is 8.97. The number of fused-ring (bicyclic) bond motifs is 1. The average molecular weight is 526 g/mol. The Hall–Kier alpha value is -2.59. The van der Waals surface area contributed by atoms with Gasteiger partial charge in [-0.3, -0.25) is 9.69 Å². The lowest BCUT2D eigenvalue weighted by Crippen LogP contribution is -2.46. The van der Waals surface area contributed by atoms with Crippen molar-refractivity contribution in [3.05, 3.63) is 76.7 Å². The standard InChI is InChI=1S/C26H27N3O3S3/c1-18-14-19(2)24-22(15-18)27-26(34-24)29(16-20-8-4-3-5-9-20)25(30)21-10-6-12-28(17-21)35(31,32)23-11-7-13-33-23/h3-5,7-9,11,13-15,21H,6,10,12,16-17H2,1-2H3. The highest BCUT2D eigenvalue weighted by atomic mass is 32.2. The molecular formula is C26H27N3O3S3. The Labute approximate surface area is 213 Å². The number of thiazole rings is 1. The second kappa shape index (κ2) is 9.81. The zero-order valence-corrected chi connectivity index (χ0v) is 22.1. The summed E-state index contributed by atoms with van der Waals surface area (Å²) in [5.74, 6) is -0.495. The van der Waals surface area contributed by atoms with Crippen LogP contribution in [0.3, 0.4) is 0 Å². The third-order valence-corrected chi connectivity index (χ3v) is 10.8. The van der Waals surface area contributed by atoms with Crippen LogP contribution in [-0.4, -0.2) is 36.7 Å². The van der Waals surface area contributed by atoms with Crippen molar-refractivity contribution in [1.29, 1.82) is 0 Å². The van der Waals surface area contributed by atoms with Crippen LogP contribution in [0.25, 0.3) is 10.2 Å². The number of carbonyl (C=O) groups is 1. The maximum Gasteiger partial charge on any atom is 0.252 e. The average Bonchev–Trinajstić information content (AvgIpc) is 3.54. The van der Waals surface area contributed by atoms with E-state index in [0.29, 0.717) is 35.3 Å². The normalized spacial score (nSPS) is 17.0. The lowest BCUT2D eigenvalue weighted by atomic mass is 9.98. The minimum atomic E-state index is -3.60. The van der Waals surface area contributed by atoms with Gasteiger partial charge in [0.1, 0.15) is 4.21 Å². The van der Waals surface area contributed by atoms with Crippen LogP contribution in [0.4, 0.5) is 5.13 Å².